The molecule has 0 aliphatic heterocycles. The van der Waals surface area contributed by atoms with Gasteiger partial charge in [-0.2, -0.15) is 0 Å². The fraction of sp³-hybridized carbons (Fsp3) is 0.733. The molecule has 5 heteroatoms. The van der Waals surface area contributed by atoms with Crippen molar-refractivity contribution in [2.24, 2.45) is 0 Å². The van der Waals surface area contributed by atoms with Crippen molar-refractivity contribution >= 4 is 17.4 Å². The summed E-state index contributed by atoms with van der Waals surface area (Å²) in [5.74, 6) is 0. The van der Waals surface area contributed by atoms with Crippen LogP contribution < -0.4 is 5.32 Å². The Labute approximate surface area is 125 Å². The Hall–Kier alpha value is -1.10. The normalized spacial score (nSPS) is 17.3. The molecule has 20 heavy (non-hydrogen) atoms. The molecule has 0 aromatic carbocycles. The average molecular weight is 295 g/mol. The number of carbonyl (C=O) groups is 1. The molecule has 2 amide bonds. The molecule has 0 unspecified atom stereocenters. The topological polar surface area (TPSA) is 45.2 Å². The molecule has 1 N–H and O–H groups in total. The van der Waals surface area contributed by atoms with Gasteiger partial charge in [0.2, 0.25) is 0 Å². The minimum Gasteiger partial charge on any atom is -0.335 e. The van der Waals surface area contributed by atoms with Crippen molar-refractivity contribution in [1.82, 2.24) is 15.2 Å². The van der Waals surface area contributed by atoms with Crippen molar-refractivity contribution < 1.29 is 4.79 Å². The van der Waals surface area contributed by atoms with Crippen molar-refractivity contribution in [3.63, 3.8) is 0 Å². The van der Waals surface area contributed by atoms with E-state index in [1.165, 1.54) is 32.1 Å². The van der Waals surface area contributed by atoms with Crippen LogP contribution in [0.3, 0.4) is 0 Å². The second-order valence-electron chi connectivity index (χ2n) is 5.71. The Bertz CT molecular complexity index is 425. The highest BCUT2D eigenvalue weighted by molar-refractivity contribution is 7.09. The first kappa shape index (κ1) is 15.3. The molecule has 1 aliphatic carbocycles. The van der Waals surface area contributed by atoms with Gasteiger partial charge in [-0.1, -0.05) is 32.1 Å². The zero-order chi connectivity index (χ0) is 14.4. The molecule has 0 spiro atoms. The van der Waals surface area contributed by atoms with Crippen molar-refractivity contribution in [3.05, 3.63) is 16.1 Å². The quantitative estimate of drug-likeness (QED) is 0.924. The predicted molar refractivity (Wildman–Crippen MR) is 83.0 cm³/mol. The molecule has 1 aliphatic rings. The number of amides is 2. The minimum absolute atomic E-state index is 0.0289. The third-order valence-electron chi connectivity index (χ3n) is 3.85. The maximum absolute atomic E-state index is 12.2. The standard InChI is InChI=1S/C15H25N3OS/c1-12-16-14(11-20-12)10-18(2)15(19)17-13-8-6-4-3-5-7-9-13/h11,13H,3-10H2,1-2H3,(H,17,19). The molecule has 0 saturated heterocycles. The molecular formula is C15H25N3OS. The van der Waals surface area contributed by atoms with Gasteiger partial charge in [-0.25, -0.2) is 9.78 Å². The maximum atomic E-state index is 12.2. The summed E-state index contributed by atoms with van der Waals surface area (Å²) in [6.45, 7) is 2.58. The van der Waals surface area contributed by atoms with Crippen LogP contribution in [0.5, 0.6) is 0 Å². The van der Waals surface area contributed by atoms with Crippen LogP contribution in [0.1, 0.15) is 55.6 Å². The average Bonchev–Trinajstić information content (AvgIpc) is 2.77. The summed E-state index contributed by atoms with van der Waals surface area (Å²) in [5, 5.41) is 6.25. The van der Waals surface area contributed by atoms with Crippen molar-refractivity contribution in [2.45, 2.75) is 64.5 Å². The Morgan fingerprint density at radius 2 is 2.00 bits per heavy atom. The number of hydrogen-bond acceptors (Lipinski definition) is 3. The molecule has 1 heterocycles. The van der Waals surface area contributed by atoms with E-state index in [2.05, 4.69) is 10.3 Å². The number of thiazole rings is 1. The van der Waals surface area contributed by atoms with E-state index in [0.717, 1.165) is 23.5 Å². The molecule has 1 saturated carbocycles. The van der Waals surface area contributed by atoms with Gasteiger partial charge in [-0.05, 0) is 19.8 Å². The van der Waals surface area contributed by atoms with Crippen molar-refractivity contribution in [1.29, 1.82) is 0 Å². The minimum atomic E-state index is 0.0289. The number of aromatic nitrogens is 1. The fourth-order valence-electron chi connectivity index (χ4n) is 2.68. The predicted octanol–water partition coefficient (Wildman–Crippen LogP) is 3.71. The van der Waals surface area contributed by atoms with E-state index in [9.17, 15) is 4.79 Å². The van der Waals surface area contributed by atoms with Gasteiger partial charge in [0.25, 0.3) is 0 Å². The van der Waals surface area contributed by atoms with E-state index >= 15 is 0 Å². The number of hydrogen-bond donors (Lipinski definition) is 1. The van der Waals surface area contributed by atoms with Gasteiger partial charge in [0.1, 0.15) is 0 Å². The summed E-state index contributed by atoms with van der Waals surface area (Å²) in [5.41, 5.74) is 0.975. The van der Waals surface area contributed by atoms with E-state index in [1.54, 1.807) is 16.2 Å². The molecule has 0 bridgehead atoms. The molecule has 1 fully saturated rings. The van der Waals surface area contributed by atoms with Crippen LogP contribution in [0.2, 0.25) is 0 Å². The van der Waals surface area contributed by atoms with Crippen molar-refractivity contribution in [2.75, 3.05) is 7.05 Å². The number of aryl methyl sites for hydroxylation is 1. The Kier molecular flexibility index (Phi) is 5.83. The van der Waals surface area contributed by atoms with Crippen LogP contribution in [0.4, 0.5) is 4.79 Å². The highest BCUT2D eigenvalue weighted by Crippen LogP contribution is 2.17. The largest absolute Gasteiger partial charge is 0.335 e. The van der Waals surface area contributed by atoms with Gasteiger partial charge in [-0.3, -0.25) is 0 Å². The molecule has 4 nitrogen and oxygen atoms in total. The van der Waals surface area contributed by atoms with E-state index in [4.69, 9.17) is 0 Å². The lowest BCUT2D eigenvalue weighted by atomic mass is 9.97. The van der Waals surface area contributed by atoms with Gasteiger partial charge in [0, 0.05) is 18.5 Å². The monoisotopic (exact) mass is 295 g/mol. The molecule has 0 radical (unpaired) electrons. The highest BCUT2D eigenvalue weighted by Gasteiger charge is 2.17. The number of nitrogens with one attached hydrogen (secondary N) is 1. The number of urea groups is 1. The van der Waals surface area contributed by atoms with Crippen LogP contribution >= 0.6 is 11.3 Å². The van der Waals surface area contributed by atoms with E-state index < -0.39 is 0 Å². The third-order valence-corrected chi connectivity index (χ3v) is 4.67. The maximum Gasteiger partial charge on any atom is 0.317 e. The van der Waals surface area contributed by atoms with Crippen LogP contribution in [0.15, 0.2) is 5.38 Å². The lowest BCUT2D eigenvalue weighted by molar-refractivity contribution is 0.199. The zero-order valence-corrected chi connectivity index (χ0v) is 13.3. The third kappa shape index (κ3) is 4.78. The smallest absolute Gasteiger partial charge is 0.317 e. The van der Waals surface area contributed by atoms with E-state index in [0.29, 0.717) is 12.6 Å². The molecule has 1 aromatic heterocycles. The van der Waals surface area contributed by atoms with Gasteiger partial charge < -0.3 is 10.2 Å². The summed E-state index contributed by atoms with van der Waals surface area (Å²) in [7, 11) is 1.84. The van der Waals surface area contributed by atoms with Crippen LogP contribution in [-0.2, 0) is 6.54 Å². The molecule has 1 aromatic rings. The zero-order valence-electron chi connectivity index (χ0n) is 12.5. The summed E-state index contributed by atoms with van der Waals surface area (Å²) >= 11 is 1.63. The fourth-order valence-corrected chi connectivity index (χ4v) is 3.28. The Morgan fingerprint density at radius 1 is 1.35 bits per heavy atom. The van der Waals surface area contributed by atoms with Crippen LogP contribution in [0.25, 0.3) is 0 Å². The molecule has 2 rings (SSSR count). The molecule has 112 valence electrons. The highest BCUT2D eigenvalue weighted by atomic mass is 32.1. The SMILES string of the molecule is Cc1nc(CN(C)C(=O)NC2CCCCCCC2)cs1. The van der Waals surface area contributed by atoms with E-state index in [-0.39, 0.29) is 6.03 Å². The van der Waals surface area contributed by atoms with Gasteiger partial charge >= 0.3 is 6.03 Å². The van der Waals surface area contributed by atoms with E-state index in [1.807, 2.05) is 19.4 Å². The summed E-state index contributed by atoms with van der Waals surface area (Å²) in [6, 6.07) is 0.378. The van der Waals surface area contributed by atoms with Gasteiger partial charge in [0.15, 0.2) is 0 Å². The van der Waals surface area contributed by atoms with Gasteiger partial charge in [0.05, 0.1) is 17.2 Å². The Balaban J connectivity index is 1.80. The lowest BCUT2D eigenvalue weighted by Crippen LogP contribution is -2.43. The second-order valence-corrected chi connectivity index (χ2v) is 6.77. The summed E-state index contributed by atoms with van der Waals surface area (Å²) in [6.07, 6.45) is 8.68. The van der Waals surface area contributed by atoms with Gasteiger partial charge in [-0.15, -0.1) is 11.3 Å². The molecule has 0 atom stereocenters. The van der Waals surface area contributed by atoms with Crippen LogP contribution in [0, 0.1) is 6.92 Å². The summed E-state index contributed by atoms with van der Waals surface area (Å²) in [4.78, 5) is 18.3. The number of carbonyl (C=O) groups excluding carboxylic acids is 1. The number of nitrogens with zero attached hydrogens (tertiary/aromatic N) is 2. The first-order chi connectivity index (χ1) is 9.65. The number of rotatable bonds is 3. The van der Waals surface area contributed by atoms with Crippen molar-refractivity contribution in [3.8, 4) is 0 Å². The first-order valence-electron chi connectivity index (χ1n) is 7.58. The Morgan fingerprint density at radius 3 is 2.60 bits per heavy atom. The first-order valence-corrected chi connectivity index (χ1v) is 8.46. The lowest BCUT2D eigenvalue weighted by Gasteiger charge is -2.24. The summed E-state index contributed by atoms with van der Waals surface area (Å²) < 4.78 is 0. The molecular weight excluding hydrogens is 270 g/mol. The second kappa shape index (κ2) is 7.62. The van der Waals surface area contributed by atoms with Crippen LogP contribution in [-0.4, -0.2) is 29.0 Å².